The summed E-state index contributed by atoms with van der Waals surface area (Å²) >= 11 is 0. The largest absolute Gasteiger partial charge is 0.383 e. The lowest BCUT2D eigenvalue weighted by Gasteiger charge is -2.34. The Morgan fingerprint density at radius 2 is 2.11 bits per heavy atom. The molecule has 18 heavy (non-hydrogen) atoms. The number of hydrogen-bond donors (Lipinski definition) is 1. The van der Waals surface area contributed by atoms with Crippen LogP contribution in [0.15, 0.2) is 24.3 Å². The fourth-order valence-corrected chi connectivity index (χ4v) is 2.93. The first-order chi connectivity index (χ1) is 8.65. The van der Waals surface area contributed by atoms with Gasteiger partial charge in [0, 0.05) is 31.8 Å². The Morgan fingerprint density at radius 1 is 1.39 bits per heavy atom. The summed E-state index contributed by atoms with van der Waals surface area (Å²) < 4.78 is 5.21. The van der Waals surface area contributed by atoms with Crippen LogP contribution in [0.2, 0.25) is 0 Å². The quantitative estimate of drug-likeness (QED) is 0.866. The van der Waals surface area contributed by atoms with Crippen molar-refractivity contribution in [3.63, 3.8) is 0 Å². The van der Waals surface area contributed by atoms with Crippen molar-refractivity contribution in [2.45, 2.75) is 38.4 Å². The van der Waals surface area contributed by atoms with Crippen LogP contribution in [0.4, 0.5) is 0 Å². The van der Waals surface area contributed by atoms with Gasteiger partial charge in [-0.15, -0.1) is 0 Å². The van der Waals surface area contributed by atoms with Crippen molar-refractivity contribution in [3.05, 3.63) is 35.4 Å². The SMILES string of the molecule is COCCN(C(C)C)C1Cc2ccccc2C1N. The average molecular weight is 248 g/mol. The number of fused-ring (bicyclic) bond motifs is 1. The van der Waals surface area contributed by atoms with Gasteiger partial charge >= 0.3 is 0 Å². The summed E-state index contributed by atoms with van der Waals surface area (Å²) in [6, 6.07) is 9.56. The molecular weight excluding hydrogens is 224 g/mol. The van der Waals surface area contributed by atoms with Gasteiger partial charge < -0.3 is 10.5 Å². The molecule has 2 rings (SSSR count). The minimum Gasteiger partial charge on any atom is -0.383 e. The Balaban J connectivity index is 2.14. The van der Waals surface area contributed by atoms with Crippen molar-refractivity contribution in [2.24, 2.45) is 5.73 Å². The second kappa shape index (κ2) is 5.83. The van der Waals surface area contributed by atoms with Crippen molar-refractivity contribution in [1.29, 1.82) is 0 Å². The summed E-state index contributed by atoms with van der Waals surface area (Å²) in [5.74, 6) is 0. The molecule has 2 atom stereocenters. The predicted octanol–water partition coefficient (Wildman–Crippen LogP) is 1.97. The van der Waals surface area contributed by atoms with E-state index in [-0.39, 0.29) is 6.04 Å². The van der Waals surface area contributed by atoms with E-state index < -0.39 is 0 Å². The Hall–Kier alpha value is -0.900. The Labute approximate surface area is 110 Å². The maximum Gasteiger partial charge on any atom is 0.0589 e. The highest BCUT2D eigenvalue weighted by atomic mass is 16.5. The zero-order valence-corrected chi connectivity index (χ0v) is 11.6. The van der Waals surface area contributed by atoms with E-state index >= 15 is 0 Å². The number of methoxy groups -OCH3 is 1. The standard InChI is InChI=1S/C15H24N2O/c1-11(2)17(8-9-18-3)14-10-12-6-4-5-7-13(12)15(14)16/h4-7,11,14-15H,8-10,16H2,1-3H3. The molecule has 0 bridgehead atoms. The Morgan fingerprint density at radius 3 is 2.72 bits per heavy atom. The molecule has 0 saturated heterocycles. The van der Waals surface area contributed by atoms with Crippen LogP contribution in [0, 0.1) is 0 Å². The van der Waals surface area contributed by atoms with Gasteiger partial charge in [-0.25, -0.2) is 0 Å². The van der Waals surface area contributed by atoms with Gasteiger partial charge in [-0.3, -0.25) is 4.90 Å². The minimum absolute atomic E-state index is 0.125. The van der Waals surface area contributed by atoms with Crippen LogP contribution in [0.5, 0.6) is 0 Å². The normalized spacial score (nSPS) is 22.8. The van der Waals surface area contributed by atoms with Gasteiger partial charge in [0.25, 0.3) is 0 Å². The number of benzene rings is 1. The van der Waals surface area contributed by atoms with Gasteiger partial charge in [0.15, 0.2) is 0 Å². The van der Waals surface area contributed by atoms with Crippen molar-refractivity contribution in [2.75, 3.05) is 20.3 Å². The zero-order chi connectivity index (χ0) is 13.1. The van der Waals surface area contributed by atoms with Crippen LogP contribution < -0.4 is 5.73 Å². The minimum atomic E-state index is 0.125. The molecule has 1 aromatic carbocycles. The predicted molar refractivity (Wildman–Crippen MR) is 74.6 cm³/mol. The second-order valence-corrected chi connectivity index (χ2v) is 5.32. The Bertz CT molecular complexity index is 392. The van der Waals surface area contributed by atoms with E-state index in [1.807, 2.05) is 0 Å². The van der Waals surface area contributed by atoms with Crippen LogP contribution in [0.3, 0.4) is 0 Å². The van der Waals surface area contributed by atoms with Crippen LogP contribution >= 0.6 is 0 Å². The van der Waals surface area contributed by atoms with E-state index in [0.717, 1.165) is 19.6 Å². The monoisotopic (exact) mass is 248 g/mol. The van der Waals surface area contributed by atoms with E-state index in [2.05, 4.69) is 43.0 Å². The van der Waals surface area contributed by atoms with Gasteiger partial charge in [-0.2, -0.15) is 0 Å². The van der Waals surface area contributed by atoms with Crippen molar-refractivity contribution >= 4 is 0 Å². The fourth-order valence-electron chi connectivity index (χ4n) is 2.93. The lowest BCUT2D eigenvalue weighted by Crippen LogP contribution is -2.46. The highest BCUT2D eigenvalue weighted by molar-refractivity contribution is 5.36. The Kier molecular flexibility index (Phi) is 4.38. The lowest BCUT2D eigenvalue weighted by molar-refractivity contribution is 0.0890. The molecule has 0 saturated carbocycles. The van der Waals surface area contributed by atoms with Crippen molar-refractivity contribution in [3.8, 4) is 0 Å². The number of rotatable bonds is 5. The highest BCUT2D eigenvalue weighted by Gasteiger charge is 2.34. The third-order valence-electron chi connectivity index (χ3n) is 3.90. The summed E-state index contributed by atoms with van der Waals surface area (Å²) in [7, 11) is 1.75. The summed E-state index contributed by atoms with van der Waals surface area (Å²) in [5, 5.41) is 0. The topological polar surface area (TPSA) is 38.5 Å². The smallest absolute Gasteiger partial charge is 0.0589 e. The number of nitrogens with zero attached hydrogens (tertiary/aromatic N) is 1. The molecule has 0 fully saturated rings. The number of hydrogen-bond acceptors (Lipinski definition) is 3. The van der Waals surface area contributed by atoms with Crippen LogP contribution in [-0.4, -0.2) is 37.2 Å². The molecule has 0 spiro atoms. The lowest BCUT2D eigenvalue weighted by atomic mass is 10.1. The molecule has 0 heterocycles. The average Bonchev–Trinajstić information content (AvgIpc) is 2.68. The first-order valence-electron chi connectivity index (χ1n) is 6.73. The second-order valence-electron chi connectivity index (χ2n) is 5.32. The van der Waals surface area contributed by atoms with E-state index in [4.69, 9.17) is 10.5 Å². The molecule has 2 unspecified atom stereocenters. The summed E-state index contributed by atoms with van der Waals surface area (Å²) in [6.07, 6.45) is 1.05. The van der Waals surface area contributed by atoms with Crippen LogP contribution in [0.1, 0.15) is 31.0 Å². The van der Waals surface area contributed by atoms with E-state index in [9.17, 15) is 0 Å². The van der Waals surface area contributed by atoms with Crippen LogP contribution in [-0.2, 0) is 11.2 Å². The van der Waals surface area contributed by atoms with Crippen LogP contribution in [0.25, 0.3) is 0 Å². The molecule has 0 aliphatic heterocycles. The summed E-state index contributed by atoms with van der Waals surface area (Å²) in [4.78, 5) is 2.47. The first-order valence-corrected chi connectivity index (χ1v) is 6.73. The molecule has 3 nitrogen and oxygen atoms in total. The maximum atomic E-state index is 6.42. The highest BCUT2D eigenvalue weighted by Crippen LogP contribution is 2.33. The molecule has 1 aliphatic rings. The summed E-state index contributed by atoms with van der Waals surface area (Å²) in [5.41, 5.74) is 9.13. The van der Waals surface area contributed by atoms with E-state index in [1.54, 1.807) is 7.11 Å². The van der Waals surface area contributed by atoms with Crippen molar-refractivity contribution < 1.29 is 4.74 Å². The van der Waals surface area contributed by atoms with E-state index in [1.165, 1.54) is 11.1 Å². The van der Waals surface area contributed by atoms with Gasteiger partial charge in [-0.05, 0) is 31.4 Å². The molecule has 0 aromatic heterocycles. The molecule has 0 amide bonds. The molecule has 0 radical (unpaired) electrons. The first kappa shape index (κ1) is 13.5. The third kappa shape index (κ3) is 2.58. The zero-order valence-electron chi connectivity index (χ0n) is 11.6. The van der Waals surface area contributed by atoms with Gasteiger partial charge in [0.1, 0.15) is 0 Å². The molecule has 1 aliphatic carbocycles. The van der Waals surface area contributed by atoms with Gasteiger partial charge in [-0.1, -0.05) is 24.3 Å². The molecule has 2 N–H and O–H groups in total. The number of ether oxygens (including phenoxy) is 1. The number of nitrogens with two attached hydrogens (primary N) is 1. The summed E-state index contributed by atoms with van der Waals surface area (Å²) in [6.45, 7) is 6.16. The molecule has 100 valence electrons. The fraction of sp³-hybridized carbons (Fsp3) is 0.600. The molecule has 3 heteroatoms. The van der Waals surface area contributed by atoms with E-state index in [0.29, 0.717) is 12.1 Å². The van der Waals surface area contributed by atoms with Crippen molar-refractivity contribution in [1.82, 2.24) is 4.90 Å². The maximum absolute atomic E-state index is 6.42. The molecular formula is C15H24N2O. The van der Waals surface area contributed by atoms with Gasteiger partial charge in [0.05, 0.1) is 6.61 Å². The third-order valence-corrected chi connectivity index (χ3v) is 3.90. The van der Waals surface area contributed by atoms with Gasteiger partial charge in [0.2, 0.25) is 0 Å². The molecule has 1 aromatic rings.